The topological polar surface area (TPSA) is 58.6 Å². The number of benzene rings is 1. The van der Waals surface area contributed by atoms with Crippen LogP contribution in [0.25, 0.3) is 21.1 Å². The molecule has 0 saturated carbocycles. The Morgan fingerprint density at radius 3 is 2.76 bits per heavy atom. The van der Waals surface area contributed by atoms with E-state index in [-0.39, 0.29) is 10.8 Å². The van der Waals surface area contributed by atoms with Crippen LogP contribution in [0.4, 0.5) is 0 Å². The average molecular weight is 367 g/mol. The van der Waals surface area contributed by atoms with E-state index in [4.69, 9.17) is 4.98 Å². The normalized spacial score (nSPS) is 12.8. The van der Waals surface area contributed by atoms with Gasteiger partial charge in [-0.1, -0.05) is 36.0 Å². The molecule has 0 radical (unpaired) electrons. The first kappa shape index (κ1) is 16.3. The molecule has 1 unspecified atom stereocenters. The van der Waals surface area contributed by atoms with E-state index in [1.54, 1.807) is 23.1 Å². The SMILES string of the molecule is Cc1sc2nc(C(C)Sc3ccc4ccccc4n3)[nH]c(=O)c2c1C. The van der Waals surface area contributed by atoms with Crippen molar-refractivity contribution < 1.29 is 0 Å². The summed E-state index contributed by atoms with van der Waals surface area (Å²) in [5, 5.41) is 2.77. The van der Waals surface area contributed by atoms with Gasteiger partial charge in [-0.3, -0.25) is 4.79 Å². The summed E-state index contributed by atoms with van der Waals surface area (Å²) in [6, 6.07) is 12.1. The maximum absolute atomic E-state index is 12.5. The molecular formula is C19H17N3OS2. The monoisotopic (exact) mass is 367 g/mol. The lowest BCUT2D eigenvalue weighted by atomic mass is 10.2. The molecule has 4 nitrogen and oxygen atoms in total. The Balaban J connectivity index is 1.69. The molecule has 3 aromatic heterocycles. The largest absolute Gasteiger partial charge is 0.309 e. The number of hydrogen-bond donors (Lipinski definition) is 1. The van der Waals surface area contributed by atoms with Crippen LogP contribution in [0.3, 0.4) is 0 Å². The highest BCUT2D eigenvalue weighted by atomic mass is 32.2. The molecule has 0 aliphatic rings. The number of pyridine rings is 1. The number of nitrogens with zero attached hydrogens (tertiary/aromatic N) is 2. The molecule has 0 aliphatic carbocycles. The lowest BCUT2D eigenvalue weighted by Crippen LogP contribution is -2.12. The molecule has 1 atom stereocenters. The van der Waals surface area contributed by atoms with Crippen molar-refractivity contribution >= 4 is 44.2 Å². The third-order valence-electron chi connectivity index (χ3n) is 4.31. The molecule has 4 rings (SSSR count). The minimum absolute atomic E-state index is 0.00785. The predicted octanol–water partition coefficient (Wildman–Crippen LogP) is 5.00. The van der Waals surface area contributed by atoms with Crippen molar-refractivity contribution in [3.63, 3.8) is 0 Å². The Labute approximate surface area is 153 Å². The lowest BCUT2D eigenvalue weighted by molar-refractivity contribution is 0.922. The molecule has 0 bridgehead atoms. The van der Waals surface area contributed by atoms with E-state index in [1.807, 2.05) is 45.0 Å². The van der Waals surface area contributed by atoms with Crippen molar-refractivity contribution in [3.8, 4) is 0 Å². The van der Waals surface area contributed by atoms with Gasteiger partial charge in [0.15, 0.2) is 0 Å². The maximum Gasteiger partial charge on any atom is 0.259 e. The molecule has 0 fully saturated rings. The van der Waals surface area contributed by atoms with Gasteiger partial charge < -0.3 is 4.98 Å². The summed E-state index contributed by atoms with van der Waals surface area (Å²) >= 11 is 3.18. The smallest absolute Gasteiger partial charge is 0.259 e. The number of para-hydroxylation sites is 1. The fraction of sp³-hybridized carbons (Fsp3) is 0.211. The number of thioether (sulfide) groups is 1. The number of aromatic nitrogens is 3. The van der Waals surface area contributed by atoms with Crippen LogP contribution in [0.2, 0.25) is 0 Å². The average Bonchev–Trinajstić information content (AvgIpc) is 2.89. The molecule has 126 valence electrons. The fourth-order valence-electron chi connectivity index (χ4n) is 2.81. The van der Waals surface area contributed by atoms with Gasteiger partial charge in [-0.25, -0.2) is 9.97 Å². The van der Waals surface area contributed by atoms with E-state index in [9.17, 15) is 4.79 Å². The van der Waals surface area contributed by atoms with Crippen molar-refractivity contribution in [2.75, 3.05) is 0 Å². The Morgan fingerprint density at radius 1 is 1.12 bits per heavy atom. The van der Waals surface area contributed by atoms with Crippen molar-refractivity contribution in [1.29, 1.82) is 0 Å². The van der Waals surface area contributed by atoms with E-state index in [0.29, 0.717) is 11.2 Å². The molecule has 0 aliphatic heterocycles. The van der Waals surface area contributed by atoms with Crippen molar-refractivity contribution in [2.24, 2.45) is 0 Å². The Morgan fingerprint density at radius 2 is 1.92 bits per heavy atom. The van der Waals surface area contributed by atoms with Crippen molar-refractivity contribution in [3.05, 3.63) is 63.0 Å². The standard InChI is InChI=1S/C19H17N3OS2/c1-10-11(2)25-19-16(10)18(23)21-17(22-19)12(3)24-15-9-8-13-6-4-5-7-14(13)20-15/h4-9,12H,1-3H3,(H,21,22,23). The van der Waals surface area contributed by atoms with E-state index in [0.717, 1.165) is 31.2 Å². The van der Waals surface area contributed by atoms with Crippen molar-refractivity contribution in [2.45, 2.75) is 31.0 Å². The van der Waals surface area contributed by atoms with Crippen LogP contribution in [0, 0.1) is 13.8 Å². The van der Waals surface area contributed by atoms with Gasteiger partial charge in [-0.2, -0.15) is 0 Å². The number of aromatic amines is 1. The second kappa shape index (κ2) is 6.28. The van der Waals surface area contributed by atoms with Gasteiger partial charge in [-0.05, 0) is 38.5 Å². The van der Waals surface area contributed by atoms with Crippen LogP contribution in [0.1, 0.15) is 28.4 Å². The quantitative estimate of drug-likeness (QED) is 0.518. The van der Waals surface area contributed by atoms with E-state index in [1.165, 1.54) is 0 Å². The van der Waals surface area contributed by atoms with Gasteiger partial charge in [-0.15, -0.1) is 11.3 Å². The number of rotatable bonds is 3. The summed E-state index contributed by atoms with van der Waals surface area (Å²) in [7, 11) is 0. The first-order valence-electron chi connectivity index (χ1n) is 8.05. The summed E-state index contributed by atoms with van der Waals surface area (Å²) in [5.74, 6) is 0.693. The first-order chi connectivity index (χ1) is 12.0. The van der Waals surface area contributed by atoms with Gasteiger partial charge in [0.2, 0.25) is 0 Å². The maximum atomic E-state index is 12.5. The summed E-state index contributed by atoms with van der Waals surface area (Å²) in [6.45, 7) is 6.04. The molecule has 6 heteroatoms. The predicted molar refractivity (Wildman–Crippen MR) is 106 cm³/mol. The molecule has 1 N–H and O–H groups in total. The van der Waals surface area contributed by atoms with Gasteiger partial charge in [0.25, 0.3) is 5.56 Å². The molecule has 0 amide bonds. The Bertz CT molecular complexity index is 1150. The second-order valence-electron chi connectivity index (χ2n) is 6.02. The highest BCUT2D eigenvalue weighted by Gasteiger charge is 2.16. The highest BCUT2D eigenvalue weighted by molar-refractivity contribution is 7.99. The number of aryl methyl sites for hydroxylation is 2. The zero-order valence-corrected chi connectivity index (χ0v) is 15.8. The number of fused-ring (bicyclic) bond motifs is 2. The lowest BCUT2D eigenvalue weighted by Gasteiger charge is -2.10. The van der Waals surface area contributed by atoms with Crippen LogP contribution in [-0.2, 0) is 0 Å². The number of nitrogens with one attached hydrogen (secondary N) is 1. The van der Waals surface area contributed by atoms with Gasteiger partial charge >= 0.3 is 0 Å². The van der Waals surface area contributed by atoms with Gasteiger partial charge in [0, 0.05) is 10.3 Å². The molecule has 25 heavy (non-hydrogen) atoms. The van der Waals surface area contributed by atoms with E-state index >= 15 is 0 Å². The van der Waals surface area contributed by atoms with Gasteiger partial charge in [0.05, 0.1) is 21.2 Å². The second-order valence-corrected chi connectivity index (χ2v) is 8.58. The Kier molecular flexibility index (Phi) is 4.09. The minimum atomic E-state index is -0.0548. The number of thiophene rings is 1. The molecule has 3 heterocycles. The molecule has 4 aromatic rings. The summed E-state index contributed by atoms with van der Waals surface area (Å²) in [5.41, 5.74) is 1.94. The highest BCUT2D eigenvalue weighted by Crippen LogP contribution is 2.34. The van der Waals surface area contributed by atoms with Crippen LogP contribution < -0.4 is 5.56 Å². The fourth-order valence-corrected chi connectivity index (χ4v) is 4.73. The summed E-state index contributed by atoms with van der Waals surface area (Å²) < 4.78 is 0. The molecule has 0 spiro atoms. The van der Waals surface area contributed by atoms with Crippen LogP contribution >= 0.6 is 23.1 Å². The zero-order chi connectivity index (χ0) is 17.6. The summed E-state index contributed by atoms with van der Waals surface area (Å²) in [4.78, 5) is 26.7. The third kappa shape index (κ3) is 2.96. The third-order valence-corrected chi connectivity index (χ3v) is 6.46. The molecular weight excluding hydrogens is 350 g/mol. The number of hydrogen-bond acceptors (Lipinski definition) is 5. The number of H-pyrrole nitrogens is 1. The first-order valence-corrected chi connectivity index (χ1v) is 9.75. The summed E-state index contributed by atoms with van der Waals surface area (Å²) in [6.07, 6.45) is 0. The molecule has 0 saturated heterocycles. The van der Waals surface area contributed by atoms with Crippen LogP contribution in [0.5, 0.6) is 0 Å². The van der Waals surface area contributed by atoms with Crippen molar-refractivity contribution in [1.82, 2.24) is 15.0 Å². The van der Waals surface area contributed by atoms with Crippen LogP contribution in [-0.4, -0.2) is 15.0 Å². The Hall–Kier alpha value is -2.18. The van der Waals surface area contributed by atoms with E-state index < -0.39 is 0 Å². The zero-order valence-electron chi connectivity index (χ0n) is 14.2. The van der Waals surface area contributed by atoms with Crippen LogP contribution in [0.15, 0.2) is 46.2 Å². The van der Waals surface area contributed by atoms with E-state index in [2.05, 4.69) is 22.1 Å². The molecule has 1 aromatic carbocycles. The minimum Gasteiger partial charge on any atom is -0.309 e. The van der Waals surface area contributed by atoms with Gasteiger partial charge in [0.1, 0.15) is 10.7 Å².